The van der Waals surface area contributed by atoms with Gasteiger partial charge in [0.1, 0.15) is 0 Å². The monoisotopic (exact) mass is 485 g/mol. The van der Waals surface area contributed by atoms with Crippen molar-refractivity contribution in [2.24, 2.45) is 0 Å². The molecule has 0 aliphatic heterocycles. The molecule has 0 fully saturated rings. The number of aromatic nitrogens is 4. The Morgan fingerprint density at radius 3 is 2.58 bits per heavy atom. The van der Waals surface area contributed by atoms with Crippen molar-refractivity contribution in [3.8, 4) is 11.4 Å². The van der Waals surface area contributed by atoms with E-state index < -0.39 is 10.0 Å². The summed E-state index contributed by atoms with van der Waals surface area (Å²) in [6.07, 6.45) is 2.03. The van der Waals surface area contributed by atoms with E-state index in [1.807, 2.05) is 43.3 Å². The van der Waals surface area contributed by atoms with Crippen molar-refractivity contribution >= 4 is 32.8 Å². The van der Waals surface area contributed by atoms with Gasteiger partial charge in [-0.25, -0.2) is 17.7 Å². The van der Waals surface area contributed by atoms with E-state index in [-0.39, 0.29) is 10.1 Å². The quantitative estimate of drug-likeness (QED) is 0.308. The summed E-state index contributed by atoms with van der Waals surface area (Å²) in [5.41, 5.74) is 2.46. The second-order valence-electron chi connectivity index (χ2n) is 7.92. The van der Waals surface area contributed by atoms with E-state index >= 15 is 0 Å². The molecule has 174 valence electrons. The van der Waals surface area contributed by atoms with E-state index in [2.05, 4.69) is 21.6 Å². The fourth-order valence-corrected chi connectivity index (χ4v) is 5.30. The molecule has 2 heterocycles. The standard InChI is InChI=1S/C23H27N5O3S2/c1-5-6-14-28-20-13-12-18(33(29,30)27(3)4)15-19(20)24-23(28)32-16(2)22-25-21(26-31-22)17-10-8-7-9-11-17/h7-13,15-16H,5-6,14H2,1-4H3. The van der Waals surface area contributed by atoms with E-state index in [1.165, 1.54) is 30.2 Å². The number of hydrogen-bond acceptors (Lipinski definition) is 7. The third kappa shape index (κ3) is 4.83. The summed E-state index contributed by atoms with van der Waals surface area (Å²) < 4.78 is 34.0. The average molecular weight is 486 g/mol. The molecule has 0 amide bonds. The van der Waals surface area contributed by atoms with Gasteiger partial charge in [0.05, 0.1) is 21.2 Å². The molecular formula is C23H27N5O3S2. The van der Waals surface area contributed by atoms with Crippen LogP contribution >= 0.6 is 11.8 Å². The van der Waals surface area contributed by atoms with Crippen LogP contribution in [-0.2, 0) is 16.6 Å². The molecule has 4 rings (SSSR count). The summed E-state index contributed by atoms with van der Waals surface area (Å²) in [7, 11) is -0.486. The van der Waals surface area contributed by atoms with Crippen LogP contribution in [0.1, 0.15) is 37.8 Å². The molecule has 8 nitrogen and oxygen atoms in total. The van der Waals surface area contributed by atoms with Crippen LogP contribution in [0.15, 0.2) is 63.1 Å². The van der Waals surface area contributed by atoms with Gasteiger partial charge in [-0.2, -0.15) is 4.98 Å². The highest BCUT2D eigenvalue weighted by Crippen LogP contribution is 2.36. The topological polar surface area (TPSA) is 94.1 Å². The van der Waals surface area contributed by atoms with E-state index in [9.17, 15) is 8.42 Å². The molecule has 0 saturated carbocycles. The number of fused-ring (bicyclic) bond motifs is 1. The molecule has 0 bridgehead atoms. The summed E-state index contributed by atoms with van der Waals surface area (Å²) in [5.74, 6) is 1.07. The van der Waals surface area contributed by atoms with Crippen LogP contribution in [0.3, 0.4) is 0 Å². The number of rotatable bonds is 9. The predicted octanol–water partition coefficient (Wildman–Crippen LogP) is 4.99. The molecule has 0 saturated heterocycles. The second-order valence-corrected chi connectivity index (χ2v) is 11.4. The molecule has 0 radical (unpaired) electrons. The van der Waals surface area contributed by atoms with Crippen molar-refractivity contribution in [1.29, 1.82) is 0 Å². The number of unbranched alkanes of at least 4 members (excludes halogenated alkanes) is 1. The highest BCUT2D eigenvalue weighted by atomic mass is 32.2. The third-order valence-electron chi connectivity index (χ3n) is 5.30. The highest BCUT2D eigenvalue weighted by molar-refractivity contribution is 7.99. The summed E-state index contributed by atoms with van der Waals surface area (Å²) in [4.78, 5) is 9.58. The molecule has 10 heteroatoms. The molecule has 1 unspecified atom stereocenters. The largest absolute Gasteiger partial charge is 0.338 e. The molecular weight excluding hydrogens is 458 g/mol. The van der Waals surface area contributed by atoms with Crippen LogP contribution in [-0.4, -0.2) is 46.5 Å². The molecule has 0 N–H and O–H groups in total. The Labute approximate surface area is 198 Å². The van der Waals surface area contributed by atoms with E-state index in [0.717, 1.165) is 35.6 Å². The normalized spacial score (nSPS) is 13.1. The molecule has 0 aliphatic carbocycles. The summed E-state index contributed by atoms with van der Waals surface area (Å²) in [5, 5.41) is 4.79. The maximum Gasteiger partial charge on any atom is 0.242 e. The Balaban J connectivity index is 1.66. The minimum absolute atomic E-state index is 0.128. The first-order valence-electron chi connectivity index (χ1n) is 10.8. The van der Waals surface area contributed by atoms with E-state index in [4.69, 9.17) is 9.51 Å². The third-order valence-corrected chi connectivity index (χ3v) is 8.19. The number of imidazole rings is 1. The lowest BCUT2D eigenvalue weighted by atomic mass is 10.2. The van der Waals surface area contributed by atoms with Gasteiger partial charge in [-0.05, 0) is 31.5 Å². The number of nitrogens with zero attached hydrogens (tertiary/aromatic N) is 5. The Kier molecular flexibility index (Phi) is 6.87. The molecule has 2 aromatic carbocycles. The Bertz CT molecular complexity index is 1350. The zero-order valence-corrected chi connectivity index (χ0v) is 20.7. The van der Waals surface area contributed by atoms with Crippen molar-refractivity contribution in [3.63, 3.8) is 0 Å². The number of thioether (sulfide) groups is 1. The minimum atomic E-state index is -3.53. The first-order chi connectivity index (χ1) is 15.8. The fourth-order valence-electron chi connectivity index (χ4n) is 3.39. The van der Waals surface area contributed by atoms with Gasteiger partial charge in [0.2, 0.25) is 21.7 Å². The Hall–Kier alpha value is -2.69. The van der Waals surface area contributed by atoms with Crippen LogP contribution in [0, 0.1) is 0 Å². The lowest BCUT2D eigenvalue weighted by Gasteiger charge is -2.12. The summed E-state index contributed by atoms with van der Waals surface area (Å²) >= 11 is 1.52. The van der Waals surface area contributed by atoms with Crippen molar-refractivity contribution < 1.29 is 12.9 Å². The second kappa shape index (κ2) is 9.66. The fraction of sp³-hybridized carbons (Fsp3) is 0.348. The number of sulfonamides is 1. The van der Waals surface area contributed by atoms with E-state index in [1.54, 1.807) is 12.1 Å². The van der Waals surface area contributed by atoms with Gasteiger partial charge >= 0.3 is 0 Å². The smallest absolute Gasteiger partial charge is 0.242 e. The highest BCUT2D eigenvalue weighted by Gasteiger charge is 2.23. The van der Waals surface area contributed by atoms with Crippen molar-refractivity contribution in [2.75, 3.05) is 14.1 Å². The van der Waals surface area contributed by atoms with Gasteiger partial charge in [-0.15, -0.1) is 0 Å². The molecule has 33 heavy (non-hydrogen) atoms. The lowest BCUT2D eigenvalue weighted by molar-refractivity contribution is 0.380. The minimum Gasteiger partial charge on any atom is -0.338 e. The Morgan fingerprint density at radius 2 is 1.88 bits per heavy atom. The van der Waals surface area contributed by atoms with Crippen LogP contribution in [0.2, 0.25) is 0 Å². The van der Waals surface area contributed by atoms with E-state index in [0.29, 0.717) is 17.2 Å². The zero-order chi connectivity index (χ0) is 23.6. The van der Waals surface area contributed by atoms with Gasteiger partial charge in [0.25, 0.3) is 0 Å². The van der Waals surface area contributed by atoms with Gasteiger partial charge in [0.15, 0.2) is 5.16 Å². The number of aryl methyl sites for hydroxylation is 1. The van der Waals surface area contributed by atoms with Crippen LogP contribution in [0.4, 0.5) is 0 Å². The van der Waals surface area contributed by atoms with Crippen LogP contribution in [0.5, 0.6) is 0 Å². The zero-order valence-electron chi connectivity index (χ0n) is 19.1. The van der Waals surface area contributed by atoms with Gasteiger partial charge in [-0.3, -0.25) is 0 Å². The predicted molar refractivity (Wildman–Crippen MR) is 130 cm³/mol. The summed E-state index contributed by atoms with van der Waals surface area (Å²) in [6, 6.07) is 14.8. The van der Waals surface area contributed by atoms with Crippen LogP contribution < -0.4 is 0 Å². The molecule has 4 aromatic rings. The number of benzene rings is 2. The van der Waals surface area contributed by atoms with Gasteiger partial charge < -0.3 is 9.09 Å². The van der Waals surface area contributed by atoms with Gasteiger partial charge in [0, 0.05) is 26.2 Å². The first-order valence-corrected chi connectivity index (χ1v) is 13.1. The maximum atomic E-state index is 12.6. The average Bonchev–Trinajstić information content (AvgIpc) is 3.43. The lowest BCUT2D eigenvalue weighted by Crippen LogP contribution is -2.22. The maximum absolute atomic E-state index is 12.6. The SMILES string of the molecule is CCCCn1c(SC(C)c2nc(-c3ccccc3)no2)nc2cc(S(=O)(=O)N(C)C)ccc21. The molecule has 0 aliphatic rings. The van der Waals surface area contributed by atoms with Crippen molar-refractivity contribution in [3.05, 3.63) is 54.4 Å². The van der Waals surface area contributed by atoms with Gasteiger partial charge in [-0.1, -0.05) is 60.6 Å². The molecule has 2 aromatic heterocycles. The van der Waals surface area contributed by atoms with Crippen LogP contribution in [0.25, 0.3) is 22.4 Å². The summed E-state index contributed by atoms with van der Waals surface area (Å²) in [6.45, 7) is 4.93. The number of hydrogen-bond donors (Lipinski definition) is 0. The Morgan fingerprint density at radius 1 is 1.12 bits per heavy atom. The van der Waals surface area contributed by atoms with Crippen molar-refractivity contribution in [2.45, 2.75) is 48.5 Å². The molecule has 1 atom stereocenters. The van der Waals surface area contributed by atoms with Crippen molar-refractivity contribution in [1.82, 2.24) is 24.0 Å². The first kappa shape index (κ1) is 23.5. The molecule has 0 spiro atoms.